The molecule has 0 aliphatic carbocycles. The lowest BCUT2D eigenvalue weighted by molar-refractivity contribution is 1.36. The second-order valence-electron chi connectivity index (χ2n) is 6.85. The summed E-state index contributed by atoms with van der Waals surface area (Å²) in [5.74, 6) is 0. The van der Waals surface area contributed by atoms with Crippen LogP contribution in [0.15, 0.2) is 97.1 Å². The molecule has 0 aromatic heterocycles. The van der Waals surface area contributed by atoms with E-state index in [0.29, 0.717) is 0 Å². The van der Waals surface area contributed by atoms with Gasteiger partial charge in [0.1, 0.15) is 0 Å². The highest BCUT2D eigenvalue weighted by Gasteiger charge is 2.13. The Bertz CT molecular complexity index is 972. The van der Waals surface area contributed by atoms with E-state index in [4.69, 9.17) is 0 Å². The molecule has 4 rings (SSSR count). The Morgan fingerprint density at radius 2 is 0.889 bits per heavy atom. The smallest absolute Gasteiger partial charge is 0.0543 e. The molecule has 0 bridgehead atoms. The third-order valence-electron chi connectivity index (χ3n) is 4.97. The molecule has 0 spiro atoms. The van der Waals surface area contributed by atoms with E-state index >= 15 is 0 Å². The Balaban J connectivity index is 1.94. The van der Waals surface area contributed by atoms with Gasteiger partial charge in [-0.15, -0.1) is 0 Å². The van der Waals surface area contributed by atoms with Crippen molar-refractivity contribution in [2.75, 3.05) is 5.32 Å². The standard InChI is InChI=1S/C26H23N/c1-19-11-9-12-20(2)25(19)27-26-23(21-13-5-3-6-14-21)17-10-18-24(26)22-15-7-4-8-16-22/h3-18,27H,1-2H3. The fourth-order valence-electron chi connectivity index (χ4n) is 3.54. The van der Waals surface area contributed by atoms with Crippen molar-refractivity contribution >= 4 is 11.4 Å². The van der Waals surface area contributed by atoms with E-state index in [2.05, 4.69) is 116 Å². The lowest BCUT2D eigenvalue weighted by Gasteiger charge is -2.20. The summed E-state index contributed by atoms with van der Waals surface area (Å²) in [7, 11) is 0. The van der Waals surface area contributed by atoms with Crippen molar-refractivity contribution in [3.63, 3.8) is 0 Å². The van der Waals surface area contributed by atoms with Gasteiger partial charge in [0.15, 0.2) is 0 Å². The van der Waals surface area contributed by atoms with E-state index in [1.807, 2.05) is 0 Å². The fourth-order valence-corrected chi connectivity index (χ4v) is 3.54. The van der Waals surface area contributed by atoms with Crippen LogP contribution in [-0.4, -0.2) is 0 Å². The van der Waals surface area contributed by atoms with Crippen LogP contribution in [0.4, 0.5) is 11.4 Å². The maximum atomic E-state index is 3.77. The highest BCUT2D eigenvalue weighted by atomic mass is 14.9. The van der Waals surface area contributed by atoms with Crippen molar-refractivity contribution < 1.29 is 0 Å². The van der Waals surface area contributed by atoms with E-state index < -0.39 is 0 Å². The first-order valence-corrected chi connectivity index (χ1v) is 9.31. The van der Waals surface area contributed by atoms with Crippen molar-refractivity contribution in [1.82, 2.24) is 0 Å². The number of anilines is 2. The number of aryl methyl sites for hydroxylation is 2. The predicted octanol–water partition coefficient (Wildman–Crippen LogP) is 7.38. The van der Waals surface area contributed by atoms with Crippen molar-refractivity contribution in [3.8, 4) is 22.3 Å². The van der Waals surface area contributed by atoms with Crippen LogP contribution in [0.3, 0.4) is 0 Å². The van der Waals surface area contributed by atoms with Crippen molar-refractivity contribution in [1.29, 1.82) is 0 Å². The summed E-state index contributed by atoms with van der Waals surface area (Å²) in [6.45, 7) is 4.31. The first-order valence-electron chi connectivity index (χ1n) is 9.31. The molecule has 1 heteroatoms. The normalized spacial score (nSPS) is 10.6. The molecule has 0 heterocycles. The number of hydrogen-bond acceptors (Lipinski definition) is 1. The zero-order valence-corrected chi connectivity index (χ0v) is 15.7. The molecule has 0 saturated heterocycles. The Morgan fingerprint density at radius 3 is 1.37 bits per heavy atom. The molecule has 1 nitrogen and oxygen atoms in total. The quantitative estimate of drug-likeness (QED) is 0.405. The third-order valence-corrected chi connectivity index (χ3v) is 4.97. The van der Waals surface area contributed by atoms with Crippen LogP contribution >= 0.6 is 0 Å². The highest BCUT2D eigenvalue weighted by molar-refractivity contribution is 5.93. The van der Waals surface area contributed by atoms with Crippen LogP contribution in [-0.2, 0) is 0 Å². The van der Waals surface area contributed by atoms with Crippen LogP contribution in [0.1, 0.15) is 11.1 Å². The Labute approximate surface area is 161 Å². The first kappa shape index (κ1) is 17.1. The third kappa shape index (κ3) is 3.50. The van der Waals surface area contributed by atoms with Crippen LogP contribution in [0.2, 0.25) is 0 Å². The highest BCUT2D eigenvalue weighted by Crippen LogP contribution is 2.39. The topological polar surface area (TPSA) is 12.0 Å². The van der Waals surface area contributed by atoms with E-state index in [0.717, 1.165) is 5.69 Å². The van der Waals surface area contributed by atoms with Gasteiger partial charge in [-0.25, -0.2) is 0 Å². The van der Waals surface area contributed by atoms with E-state index in [1.165, 1.54) is 39.1 Å². The molecule has 0 saturated carbocycles. The molecule has 0 radical (unpaired) electrons. The van der Waals surface area contributed by atoms with Gasteiger partial charge in [-0.2, -0.15) is 0 Å². The summed E-state index contributed by atoms with van der Waals surface area (Å²) < 4.78 is 0. The Kier molecular flexibility index (Phi) is 4.76. The summed E-state index contributed by atoms with van der Waals surface area (Å²) in [6, 6.07) is 34.1. The molecule has 0 aliphatic rings. The van der Waals surface area contributed by atoms with Gasteiger partial charge in [0.2, 0.25) is 0 Å². The second-order valence-corrected chi connectivity index (χ2v) is 6.85. The monoisotopic (exact) mass is 349 g/mol. The number of para-hydroxylation sites is 2. The number of nitrogens with one attached hydrogen (secondary N) is 1. The molecule has 0 unspecified atom stereocenters. The lowest BCUT2D eigenvalue weighted by Crippen LogP contribution is -2.00. The summed E-state index contributed by atoms with van der Waals surface area (Å²) in [5.41, 5.74) is 9.66. The fraction of sp³-hybridized carbons (Fsp3) is 0.0769. The molecule has 4 aromatic carbocycles. The maximum Gasteiger partial charge on any atom is 0.0543 e. The van der Waals surface area contributed by atoms with Gasteiger partial charge in [0.25, 0.3) is 0 Å². The van der Waals surface area contributed by atoms with Crippen molar-refractivity contribution in [2.45, 2.75) is 13.8 Å². The first-order chi connectivity index (χ1) is 13.2. The molecule has 0 amide bonds. The maximum absolute atomic E-state index is 3.77. The average molecular weight is 349 g/mol. The number of hydrogen-bond donors (Lipinski definition) is 1. The second kappa shape index (κ2) is 7.51. The summed E-state index contributed by atoms with van der Waals surface area (Å²) in [6.07, 6.45) is 0. The van der Waals surface area contributed by atoms with Crippen molar-refractivity contribution in [2.24, 2.45) is 0 Å². The van der Waals surface area contributed by atoms with E-state index in [9.17, 15) is 0 Å². The molecular formula is C26H23N. The van der Waals surface area contributed by atoms with Gasteiger partial charge < -0.3 is 5.32 Å². The molecule has 27 heavy (non-hydrogen) atoms. The average Bonchev–Trinajstić information content (AvgIpc) is 2.72. The molecule has 0 aliphatic heterocycles. The van der Waals surface area contributed by atoms with Crippen LogP contribution in [0, 0.1) is 13.8 Å². The van der Waals surface area contributed by atoms with Crippen molar-refractivity contribution in [3.05, 3.63) is 108 Å². The van der Waals surface area contributed by atoms with Crippen LogP contribution in [0.5, 0.6) is 0 Å². The SMILES string of the molecule is Cc1cccc(C)c1Nc1c(-c2ccccc2)cccc1-c1ccccc1. The zero-order valence-electron chi connectivity index (χ0n) is 15.7. The van der Waals surface area contributed by atoms with Gasteiger partial charge in [-0.3, -0.25) is 0 Å². The van der Waals surface area contributed by atoms with E-state index in [-0.39, 0.29) is 0 Å². The molecule has 1 N–H and O–H groups in total. The summed E-state index contributed by atoms with van der Waals surface area (Å²) in [4.78, 5) is 0. The van der Waals surface area contributed by atoms with Gasteiger partial charge in [0, 0.05) is 16.8 Å². The molecule has 132 valence electrons. The molecule has 0 fully saturated rings. The predicted molar refractivity (Wildman–Crippen MR) is 117 cm³/mol. The lowest BCUT2D eigenvalue weighted by atomic mass is 9.95. The van der Waals surface area contributed by atoms with E-state index in [1.54, 1.807) is 0 Å². The molecule has 4 aromatic rings. The van der Waals surface area contributed by atoms with Crippen LogP contribution < -0.4 is 5.32 Å². The minimum atomic E-state index is 1.15. The van der Waals surface area contributed by atoms with Gasteiger partial charge >= 0.3 is 0 Å². The van der Waals surface area contributed by atoms with Crippen LogP contribution in [0.25, 0.3) is 22.3 Å². The Morgan fingerprint density at radius 1 is 0.444 bits per heavy atom. The molecular weight excluding hydrogens is 326 g/mol. The van der Waals surface area contributed by atoms with Gasteiger partial charge in [0.05, 0.1) is 5.69 Å². The minimum Gasteiger partial charge on any atom is -0.354 e. The molecule has 0 atom stereocenters. The number of benzene rings is 4. The number of rotatable bonds is 4. The zero-order chi connectivity index (χ0) is 18.6. The summed E-state index contributed by atoms with van der Waals surface area (Å²) in [5, 5.41) is 3.77. The minimum absolute atomic E-state index is 1.15. The largest absolute Gasteiger partial charge is 0.354 e. The summed E-state index contributed by atoms with van der Waals surface area (Å²) >= 11 is 0. The Hall–Kier alpha value is -3.32. The van der Waals surface area contributed by atoms with Gasteiger partial charge in [-0.1, -0.05) is 97.1 Å². The van der Waals surface area contributed by atoms with Gasteiger partial charge in [-0.05, 0) is 36.1 Å².